The molecule has 1 nitrogen and oxygen atoms in total. The number of aryl methyl sites for hydroxylation is 1. The van der Waals surface area contributed by atoms with Crippen molar-refractivity contribution in [1.82, 2.24) is 0 Å². The molecule has 1 aliphatic rings. The molecule has 58 valence electrons. The molecule has 0 spiro atoms. The lowest BCUT2D eigenvalue weighted by molar-refractivity contribution is 0.0974. The molecule has 0 amide bonds. The number of carbonyl (C=O) groups is 1. The number of Topliss-reactive ketones (excluding diaryl/α,β-unsaturated/α-hetero) is 1. The van der Waals surface area contributed by atoms with Crippen molar-refractivity contribution in [2.45, 2.75) is 19.3 Å². The Hall–Kier alpha value is -1.05. The smallest absolute Gasteiger partial charge is 0.162 e. The Morgan fingerprint density at radius 3 is 2.83 bits per heavy atom. The Morgan fingerprint density at radius 2 is 2.08 bits per heavy atom. The van der Waals surface area contributed by atoms with E-state index >= 15 is 0 Å². The van der Waals surface area contributed by atoms with Crippen LogP contribution in [-0.2, 0) is 6.42 Å². The molecule has 0 N–H and O–H groups in total. The summed E-state index contributed by atoms with van der Waals surface area (Å²) in [6, 6.07) is 5.69. The Labute approximate surface area is 73.2 Å². The standard InChI is InChI=1S/C10H9BO/c11-8-5-1-3-7-4-2-6-9(12)10(7)8/h1,3,5H,2,4,6H2. The fourth-order valence-corrected chi connectivity index (χ4v) is 1.73. The van der Waals surface area contributed by atoms with E-state index in [1.54, 1.807) is 6.07 Å². The van der Waals surface area contributed by atoms with Gasteiger partial charge in [-0.05, 0) is 18.4 Å². The molecule has 0 atom stereocenters. The molecule has 0 saturated heterocycles. The van der Waals surface area contributed by atoms with Crippen LogP contribution in [0.2, 0.25) is 0 Å². The zero-order valence-corrected chi connectivity index (χ0v) is 6.84. The van der Waals surface area contributed by atoms with Gasteiger partial charge in [-0.15, -0.1) is 0 Å². The summed E-state index contributed by atoms with van der Waals surface area (Å²) in [7, 11) is 5.71. The molecule has 2 radical (unpaired) electrons. The molecule has 2 heteroatoms. The highest BCUT2D eigenvalue weighted by Gasteiger charge is 2.17. The minimum absolute atomic E-state index is 0.203. The van der Waals surface area contributed by atoms with Crippen LogP contribution >= 0.6 is 0 Å². The number of hydrogen-bond donors (Lipinski definition) is 0. The highest BCUT2D eigenvalue weighted by atomic mass is 16.1. The Balaban J connectivity index is 2.60. The quantitative estimate of drug-likeness (QED) is 0.512. The second-order valence-electron chi connectivity index (χ2n) is 3.16. The van der Waals surface area contributed by atoms with Gasteiger partial charge in [-0.1, -0.05) is 23.7 Å². The maximum atomic E-state index is 11.4. The fraction of sp³-hybridized carbons (Fsp3) is 0.300. The van der Waals surface area contributed by atoms with Gasteiger partial charge < -0.3 is 0 Å². The van der Waals surface area contributed by atoms with Crippen molar-refractivity contribution in [1.29, 1.82) is 0 Å². The Kier molecular flexibility index (Phi) is 1.76. The van der Waals surface area contributed by atoms with Gasteiger partial charge in [0.2, 0.25) is 0 Å². The summed E-state index contributed by atoms with van der Waals surface area (Å²) >= 11 is 0. The van der Waals surface area contributed by atoms with Crippen molar-refractivity contribution in [3.05, 3.63) is 29.3 Å². The first kappa shape index (κ1) is 7.60. The van der Waals surface area contributed by atoms with Crippen LogP contribution in [0.4, 0.5) is 0 Å². The van der Waals surface area contributed by atoms with Crippen LogP contribution in [0.15, 0.2) is 18.2 Å². The summed E-state index contributed by atoms with van der Waals surface area (Å²) in [6.07, 6.45) is 2.61. The minimum Gasteiger partial charge on any atom is -0.294 e. The maximum Gasteiger partial charge on any atom is 0.162 e. The average Bonchev–Trinajstić information content (AvgIpc) is 2.04. The van der Waals surface area contributed by atoms with Gasteiger partial charge in [0.25, 0.3) is 0 Å². The summed E-state index contributed by atoms with van der Waals surface area (Å²) in [5.74, 6) is 0.203. The number of rotatable bonds is 0. The predicted octanol–water partition coefficient (Wildman–Crippen LogP) is 0.999. The summed E-state index contributed by atoms with van der Waals surface area (Å²) in [5.41, 5.74) is 2.52. The molecule has 12 heavy (non-hydrogen) atoms. The molecule has 1 aromatic carbocycles. The van der Waals surface area contributed by atoms with Gasteiger partial charge >= 0.3 is 0 Å². The molecular weight excluding hydrogens is 147 g/mol. The van der Waals surface area contributed by atoms with Crippen LogP contribution in [0.3, 0.4) is 0 Å². The number of fused-ring (bicyclic) bond motifs is 1. The molecule has 0 bridgehead atoms. The monoisotopic (exact) mass is 156 g/mol. The molecule has 1 aromatic rings. The third-order valence-electron chi connectivity index (χ3n) is 2.31. The average molecular weight is 156 g/mol. The van der Waals surface area contributed by atoms with Crippen molar-refractivity contribution in [2.75, 3.05) is 0 Å². The van der Waals surface area contributed by atoms with Gasteiger partial charge in [0.05, 0.1) is 0 Å². The SMILES string of the molecule is [B]c1cccc2c1C(=O)CCC2. The molecule has 2 rings (SSSR count). The second-order valence-corrected chi connectivity index (χ2v) is 3.16. The van der Waals surface area contributed by atoms with Gasteiger partial charge in [-0.3, -0.25) is 4.79 Å². The zero-order valence-electron chi connectivity index (χ0n) is 6.84. The summed E-state index contributed by atoms with van der Waals surface area (Å²) in [5, 5.41) is 0. The van der Waals surface area contributed by atoms with Crippen LogP contribution in [0.5, 0.6) is 0 Å². The van der Waals surface area contributed by atoms with Gasteiger partial charge in [0.1, 0.15) is 7.85 Å². The van der Waals surface area contributed by atoms with Crippen LogP contribution in [0.25, 0.3) is 0 Å². The van der Waals surface area contributed by atoms with Crippen molar-refractivity contribution in [3.63, 3.8) is 0 Å². The van der Waals surface area contributed by atoms with Crippen LogP contribution < -0.4 is 5.46 Å². The van der Waals surface area contributed by atoms with Crippen molar-refractivity contribution in [3.8, 4) is 0 Å². The van der Waals surface area contributed by atoms with Crippen molar-refractivity contribution in [2.24, 2.45) is 0 Å². The van der Waals surface area contributed by atoms with E-state index < -0.39 is 0 Å². The first-order chi connectivity index (χ1) is 5.79. The summed E-state index contributed by atoms with van der Waals surface area (Å²) in [4.78, 5) is 11.4. The van der Waals surface area contributed by atoms with Crippen LogP contribution in [0.1, 0.15) is 28.8 Å². The molecule has 0 saturated carbocycles. The van der Waals surface area contributed by atoms with Crippen LogP contribution in [0, 0.1) is 0 Å². The molecule has 0 unspecified atom stereocenters. The third kappa shape index (κ3) is 1.08. The number of carbonyl (C=O) groups excluding carboxylic acids is 1. The van der Waals surface area contributed by atoms with Gasteiger partial charge in [-0.25, -0.2) is 0 Å². The zero-order chi connectivity index (χ0) is 8.55. The van der Waals surface area contributed by atoms with Crippen molar-refractivity contribution >= 4 is 19.1 Å². The number of benzene rings is 1. The fourth-order valence-electron chi connectivity index (χ4n) is 1.73. The largest absolute Gasteiger partial charge is 0.294 e. The molecule has 0 aliphatic heterocycles. The lowest BCUT2D eigenvalue weighted by atomic mass is 9.80. The maximum absolute atomic E-state index is 11.4. The molecule has 0 heterocycles. The van der Waals surface area contributed by atoms with Gasteiger partial charge in [0, 0.05) is 12.0 Å². The predicted molar refractivity (Wildman–Crippen MR) is 49.1 cm³/mol. The normalized spacial score (nSPS) is 15.8. The van der Waals surface area contributed by atoms with E-state index in [9.17, 15) is 4.79 Å². The van der Waals surface area contributed by atoms with E-state index in [1.807, 2.05) is 12.1 Å². The molecule has 0 fully saturated rings. The van der Waals surface area contributed by atoms with E-state index in [2.05, 4.69) is 0 Å². The lowest BCUT2D eigenvalue weighted by Crippen LogP contribution is -2.22. The van der Waals surface area contributed by atoms with Gasteiger partial charge in [0.15, 0.2) is 5.78 Å². The highest BCUT2D eigenvalue weighted by molar-refractivity contribution is 6.37. The minimum atomic E-state index is 0.203. The second kappa shape index (κ2) is 2.78. The number of hydrogen-bond acceptors (Lipinski definition) is 1. The van der Waals surface area contributed by atoms with Gasteiger partial charge in [-0.2, -0.15) is 0 Å². The molecule has 1 aliphatic carbocycles. The van der Waals surface area contributed by atoms with Crippen LogP contribution in [-0.4, -0.2) is 13.6 Å². The molecular formula is C10H9BO. The van der Waals surface area contributed by atoms with Crippen molar-refractivity contribution < 1.29 is 4.79 Å². The summed E-state index contributed by atoms with van der Waals surface area (Å²) < 4.78 is 0. The highest BCUT2D eigenvalue weighted by Crippen LogP contribution is 2.18. The lowest BCUT2D eigenvalue weighted by Gasteiger charge is -2.16. The Bertz CT molecular complexity index is 331. The van der Waals surface area contributed by atoms with E-state index in [-0.39, 0.29) is 5.78 Å². The Morgan fingerprint density at radius 1 is 1.25 bits per heavy atom. The molecule has 0 aromatic heterocycles. The topological polar surface area (TPSA) is 17.1 Å². The first-order valence-electron chi connectivity index (χ1n) is 4.19. The van der Waals surface area contributed by atoms with E-state index in [0.29, 0.717) is 11.9 Å². The van der Waals surface area contributed by atoms with E-state index in [0.717, 1.165) is 24.0 Å². The van der Waals surface area contributed by atoms with E-state index in [4.69, 9.17) is 7.85 Å². The number of ketones is 1. The first-order valence-corrected chi connectivity index (χ1v) is 4.19. The van der Waals surface area contributed by atoms with E-state index in [1.165, 1.54) is 0 Å². The summed E-state index contributed by atoms with van der Waals surface area (Å²) in [6.45, 7) is 0. The third-order valence-corrected chi connectivity index (χ3v) is 2.31.